The third kappa shape index (κ3) is 3.49. The van der Waals surface area contributed by atoms with Crippen molar-refractivity contribution < 1.29 is 28.7 Å². The van der Waals surface area contributed by atoms with Gasteiger partial charge in [0.25, 0.3) is 11.8 Å². The second-order valence-electron chi connectivity index (χ2n) is 6.36. The number of barbiturate groups is 1. The number of benzene rings is 2. The Kier molecular flexibility index (Phi) is 4.73. The van der Waals surface area contributed by atoms with Crippen molar-refractivity contribution in [2.24, 2.45) is 0 Å². The molecule has 0 saturated carbocycles. The van der Waals surface area contributed by atoms with E-state index in [9.17, 15) is 24.3 Å². The molecular weight excluding hydrogens is 388 g/mol. The number of aromatic carboxylic acids is 1. The van der Waals surface area contributed by atoms with Crippen LogP contribution in [0, 0.1) is 0 Å². The number of nitrogens with one attached hydrogen (secondary N) is 1. The van der Waals surface area contributed by atoms with Gasteiger partial charge in [-0.25, -0.2) is 9.69 Å². The van der Waals surface area contributed by atoms with Crippen molar-refractivity contribution in [3.63, 3.8) is 0 Å². The van der Waals surface area contributed by atoms with Gasteiger partial charge in [-0.1, -0.05) is 42.5 Å². The van der Waals surface area contributed by atoms with E-state index in [4.69, 9.17) is 4.42 Å². The number of nitrogens with zero attached hydrogens (tertiary/aromatic N) is 1. The number of hydrogen-bond donors (Lipinski definition) is 1. The summed E-state index contributed by atoms with van der Waals surface area (Å²) < 4.78 is 5.66. The minimum absolute atomic E-state index is 0.0304. The Morgan fingerprint density at radius 2 is 1.63 bits per heavy atom. The van der Waals surface area contributed by atoms with Gasteiger partial charge in [0, 0.05) is 5.56 Å². The molecular formula is C22H13N2O6-. The quantitative estimate of drug-likeness (QED) is 0.527. The van der Waals surface area contributed by atoms with Crippen molar-refractivity contribution in [1.82, 2.24) is 5.32 Å². The first-order valence-electron chi connectivity index (χ1n) is 8.82. The average molecular weight is 401 g/mol. The van der Waals surface area contributed by atoms with E-state index < -0.39 is 23.8 Å². The molecule has 1 fully saturated rings. The zero-order valence-corrected chi connectivity index (χ0v) is 15.3. The number of rotatable bonds is 4. The molecule has 4 amide bonds. The van der Waals surface area contributed by atoms with Gasteiger partial charge >= 0.3 is 6.03 Å². The highest BCUT2D eigenvalue weighted by Crippen LogP contribution is 2.26. The van der Waals surface area contributed by atoms with Crippen molar-refractivity contribution in [3.8, 4) is 11.3 Å². The van der Waals surface area contributed by atoms with Gasteiger partial charge in [0.1, 0.15) is 17.1 Å². The molecule has 0 aliphatic carbocycles. The van der Waals surface area contributed by atoms with Gasteiger partial charge in [-0.15, -0.1) is 0 Å². The van der Waals surface area contributed by atoms with Gasteiger partial charge in [-0.05, 0) is 35.9 Å². The summed E-state index contributed by atoms with van der Waals surface area (Å²) in [4.78, 5) is 48.9. The number of amides is 4. The summed E-state index contributed by atoms with van der Waals surface area (Å²) in [7, 11) is 0. The van der Waals surface area contributed by atoms with E-state index in [1.165, 1.54) is 18.2 Å². The van der Waals surface area contributed by atoms with Crippen molar-refractivity contribution in [3.05, 3.63) is 83.6 Å². The number of furan rings is 1. The second-order valence-corrected chi connectivity index (χ2v) is 6.36. The summed E-state index contributed by atoms with van der Waals surface area (Å²) in [5.74, 6) is -2.26. The van der Waals surface area contributed by atoms with E-state index >= 15 is 0 Å². The normalized spacial score (nSPS) is 15.4. The zero-order valence-electron chi connectivity index (χ0n) is 15.3. The highest BCUT2D eigenvalue weighted by Gasteiger charge is 2.36. The van der Waals surface area contributed by atoms with E-state index in [2.05, 4.69) is 5.32 Å². The van der Waals surface area contributed by atoms with E-state index in [0.29, 0.717) is 17.0 Å². The Morgan fingerprint density at radius 1 is 0.933 bits per heavy atom. The maximum atomic E-state index is 12.8. The van der Waals surface area contributed by atoms with Crippen LogP contribution in [0.3, 0.4) is 0 Å². The zero-order chi connectivity index (χ0) is 21.3. The number of para-hydroxylation sites is 1. The molecule has 0 bridgehead atoms. The molecule has 1 aromatic heterocycles. The molecule has 8 heteroatoms. The Morgan fingerprint density at radius 3 is 2.30 bits per heavy atom. The van der Waals surface area contributed by atoms with E-state index in [0.717, 1.165) is 4.90 Å². The Labute approximate surface area is 170 Å². The van der Waals surface area contributed by atoms with Crippen LogP contribution in [-0.4, -0.2) is 23.8 Å². The molecule has 3 aromatic rings. The second kappa shape index (κ2) is 7.51. The van der Waals surface area contributed by atoms with Crippen LogP contribution >= 0.6 is 0 Å². The first-order valence-corrected chi connectivity index (χ1v) is 8.82. The van der Waals surface area contributed by atoms with Crippen LogP contribution in [0.1, 0.15) is 16.1 Å². The summed E-state index contributed by atoms with van der Waals surface area (Å²) in [6.07, 6.45) is 1.25. The van der Waals surface area contributed by atoms with Gasteiger partial charge in [-0.3, -0.25) is 14.9 Å². The molecule has 1 aliphatic rings. The molecule has 148 valence electrons. The van der Waals surface area contributed by atoms with Crippen molar-refractivity contribution in [1.29, 1.82) is 0 Å². The van der Waals surface area contributed by atoms with Crippen LogP contribution in [0.5, 0.6) is 0 Å². The number of anilines is 1. The smallest absolute Gasteiger partial charge is 0.335 e. The SMILES string of the molecule is O=C1NC(=O)N(c2ccccc2)C(=O)/C1=C\c1ccc(-c2ccc(C(=O)[O-])cc2)o1. The number of carboxylic acid groups (broad SMARTS) is 1. The van der Waals surface area contributed by atoms with Crippen LogP contribution in [0.4, 0.5) is 10.5 Å². The number of carbonyl (C=O) groups excluding carboxylic acids is 4. The molecule has 1 saturated heterocycles. The van der Waals surface area contributed by atoms with Crippen LogP contribution in [0.2, 0.25) is 0 Å². The maximum absolute atomic E-state index is 12.8. The minimum atomic E-state index is -1.29. The number of imide groups is 2. The first kappa shape index (κ1) is 18.9. The molecule has 0 unspecified atom stereocenters. The topological polar surface area (TPSA) is 120 Å². The predicted molar refractivity (Wildman–Crippen MR) is 104 cm³/mol. The van der Waals surface area contributed by atoms with E-state index in [-0.39, 0.29) is 16.9 Å². The van der Waals surface area contributed by atoms with Crippen LogP contribution in [0.15, 0.2) is 76.7 Å². The van der Waals surface area contributed by atoms with E-state index in [1.807, 2.05) is 0 Å². The third-order valence-corrected chi connectivity index (χ3v) is 4.43. The molecule has 0 atom stereocenters. The standard InChI is InChI=1S/C22H14N2O6/c25-19-17(20(26)24(22(29)23-19)15-4-2-1-3-5-15)12-16-10-11-18(30-16)13-6-8-14(9-7-13)21(27)28/h1-12H,(H,27,28)(H,23,25,29)/p-1/b17-12-. The molecule has 1 N–H and O–H groups in total. The number of carbonyl (C=O) groups is 4. The van der Waals surface area contributed by atoms with Crippen molar-refractivity contribution >= 4 is 35.6 Å². The Hall–Kier alpha value is -4.46. The van der Waals surface area contributed by atoms with Crippen molar-refractivity contribution in [2.75, 3.05) is 4.90 Å². The number of hydrogen-bond acceptors (Lipinski definition) is 6. The van der Waals surface area contributed by atoms with Crippen LogP contribution in [-0.2, 0) is 9.59 Å². The summed E-state index contributed by atoms with van der Waals surface area (Å²) >= 11 is 0. The largest absolute Gasteiger partial charge is 0.545 e. The highest BCUT2D eigenvalue weighted by molar-refractivity contribution is 6.39. The summed E-state index contributed by atoms with van der Waals surface area (Å²) in [5.41, 5.74) is 0.700. The number of urea groups is 1. The van der Waals surface area contributed by atoms with Gasteiger partial charge in [0.05, 0.1) is 11.7 Å². The van der Waals surface area contributed by atoms with Crippen LogP contribution in [0.25, 0.3) is 17.4 Å². The minimum Gasteiger partial charge on any atom is -0.545 e. The van der Waals surface area contributed by atoms with Crippen LogP contribution < -0.4 is 15.3 Å². The Balaban J connectivity index is 1.64. The Bertz CT molecular complexity index is 1190. The molecule has 8 nitrogen and oxygen atoms in total. The lowest BCUT2D eigenvalue weighted by Crippen LogP contribution is -2.54. The molecule has 1 aliphatic heterocycles. The fraction of sp³-hybridized carbons (Fsp3) is 0. The summed E-state index contributed by atoms with van der Waals surface area (Å²) in [5, 5.41) is 13.0. The van der Waals surface area contributed by atoms with Gasteiger partial charge in [0.15, 0.2) is 0 Å². The first-order chi connectivity index (χ1) is 14.4. The average Bonchev–Trinajstić information content (AvgIpc) is 3.20. The molecule has 4 rings (SSSR count). The lowest BCUT2D eigenvalue weighted by molar-refractivity contribution is -0.255. The molecule has 2 aromatic carbocycles. The lowest BCUT2D eigenvalue weighted by atomic mass is 10.1. The van der Waals surface area contributed by atoms with Gasteiger partial charge < -0.3 is 14.3 Å². The predicted octanol–water partition coefficient (Wildman–Crippen LogP) is 1.98. The molecule has 0 spiro atoms. The van der Waals surface area contributed by atoms with E-state index in [1.54, 1.807) is 54.6 Å². The van der Waals surface area contributed by atoms with Crippen molar-refractivity contribution in [2.45, 2.75) is 0 Å². The fourth-order valence-electron chi connectivity index (χ4n) is 2.97. The molecule has 30 heavy (non-hydrogen) atoms. The monoisotopic (exact) mass is 401 g/mol. The molecule has 0 radical (unpaired) electrons. The summed E-state index contributed by atoms with van der Waals surface area (Å²) in [6.45, 7) is 0. The maximum Gasteiger partial charge on any atom is 0.335 e. The third-order valence-electron chi connectivity index (χ3n) is 4.43. The van der Waals surface area contributed by atoms with Gasteiger partial charge in [-0.2, -0.15) is 0 Å². The highest BCUT2D eigenvalue weighted by atomic mass is 16.4. The fourth-order valence-corrected chi connectivity index (χ4v) is 2.97. The summed E-state index contributed by atoms with van der Waals surface area (Å²) in [6, 6.07) is 16.4. The lowest BCUT2D eigenvalue weighted by Gasteiger charge is -2.26. The number of carboxylic acids is 1. The molecule has 2 heterocycles. The van der Waals surface area contributed by atoms with Gasteiger partial charge in [0.2, 0.25) is 0 Å².